The molecule has 0 aliphatic heterocycles. The van der Waals surface area contributed by atoms with E-state index in [1.165, 1.54) is 11.1 Å². The van der Waals surface area contributed by atoms with Crippen LogP contribution in [-0.2, 0) is 11.8 Å². The average Bonchev–Trinajstić information content (AvgIpc) is 2.38. The van der Waals surface area contributed by atoms with Crippen molar-refractivity contribution < 1.29 is 4.74 Å². The van der Waals surface area contributed by atoms with E-state index in [0.717, 1.165) is 25.3 Å². The van der Waals surface area contributed by atoms with E-state index in [9.17, 15) is 0 Å². The molecule has 0 aliphatic rings. The fourth-order valence-corrected chi connectivity index (χ4v) is 2.20. The fourth-order valence-electron chi connectivity index (χ4n) is 2.07. The van der Waals surface area contributed by atoms with Crippen molar-refractivity contribution in [1.82, 2.24) is 5.32 Å². The first kappa shape index (κ1) is 15.3. The van der Waals surface area contributed by atoms with E-state index >= 15 is 0 Å². The van der Waals surface area contributed by atoms with Crippen LogP contribution >= 0.6 is 11.6 Å². The normalized spacial score (nSPS) is 11.6. The van der Waals surface area contributed by atoms with E-state index in [0.29, 0.717) is 5.88 Å². The van der Waals surface area contributed by atoms with Gasteiger partial charge in [-0.1, -0.05) is 32.9 Å². The number of nitrogens with one attached hydrogen (secondary N) is 1. The van der Waals surface area contributed by atoms with Gasteiger partial charge in [-0.2, -0.15) is 0 Å². The lowest BCUT2D eigenvalue weighted by molar-refractivity contribution is 0.386. The summed E-state index contributed by atoms with van der Waals surface area (Å²) in [6, 6.07) is 6.45. The van der Waals surface area contributed by atoms with Gasteiger partial charge >= 0.3 is 0 Å². The number of methoxy groups -OCH3 is 1. The Bertz CT molecular complexity index is 377. The van der Waals surface area contributed by atoms with Gasteiger partial charge in [0, 0.05) is 29.9 Å². The Hall–Kier alpha value is -0.730. The van der Waals surface area contributed by atoms with Crippen molar-refractivity contribution in [2.24, 2.45) is 0 Å². The second kappa shape index (κ2) is 7.01. The molecule has 18 heavy (non-hydrogen) atoms. The molecule has 3 heteroatoms. The van der Waals surface area contributed by atoms with Crippen LogP contribution < -0.4 is 10.1 Å². The predicted molar refractivity (Wildman–Crippen MR) is 79.0 cm³/mol. The van der Waals surface area contributed by atoms with Gasteiger partial charge in [0.05, 0.1) is 7.11 Å². The first-order chi connectivity index (χ1) is 8.55. The molecule has 0 spiro atoms. The number of ether oxygens (including phenoxy) is 1. The van der Waals surface area contributed by atoms with Gasteiger partial charge in [-0.15, -0.1) is 11.6 Å². The summed E-state index contributed by atoms with van der Waals surface area (Å²) in [7, 11) is 1.73. The van der Waals surface area contributed by atoms with E-state index in [4.69, 9.17) is 16.3 Å². The van der Waals surface area contributed by atoms with Gasteiger partial charge in [0.1, 0.15) is 5.75 Å². The third-order valence-corrected chi connectivity index (χ3v) is 3.43. The molecule has 1 aromatic carbocycles. The molecule has 1 aromatic rings. The molecule has 0 atom stereocenters. The highest BCUT2D eigenvalue weighted by molar-refractivity contribution is 6.18. The van der Waals surface area contributed by atoms with Crippen LogP contribution in [0.2, 0.25) is 0 Å². The third kappa shape index (κ3) is 3.89. The molecular weight excluding hydrogens is 246 g/mol. The SMILES string of the molecule is CCc1ccc(OC)c(C(C)(C)CNCCCl)c1. The minimum atomic E-state index is 0.0303. The quantitative estimate of drug-likeness (QED) is 0.605. The lowest BCUT2D eigenvalue weighted by atomic mass is 9.83. The first-order valence-corrected chi connectivity index (χ1v) is 7.02. The highest BCUT2D eigenvalue weighted by Gasteiger charge is 2.24. The van der Waals surface area contributed by atoms with Crippen molar-refractivity contribution in [3.8, 4) is 5.75 Å². The van der Waals surface area contributed by atoms with E-state index < -0.39 is 0 Å². The molecule has 0 bridgehead atoms. The molecule has 2 nitrogen and oxygen atoms in total. The molecule has 1 N–H and O–H groups in total. The molecule has 0 aromatic heterocycles. The lowest BCUT2D eigenvalue weighted by Gasteiger charge is -2.28. The average molecular weight is 270 g/mol. The van der Waals surface area contributed by atoms with E-state index in [-0.39, 0.29) is 5.41 Å². The van der Waals surface area contributed by atoms with Crippen LogP contribution in [0.4, 0.5) is 0 Å². The summed E-state index contributed by atoms with van der Waals surface area (Å²) >= 11 is 5.70. The van der Waals surface area contributed by atoms with Crippen LogP contribution in [0, 0.1) is 0 Å². The lowest BCUT2D eigenvalue weighted by Crippen LogP contribution is -2.34. The van der Waals surface area contributed by atoms with Crippen LogP contribution in [-0.4, -0.2) is 26.1 Å². The molecule has 0 radical (unpaired) electrons. The summed E-state index contributed by atoms with van der Waals surface area (Å²) in [6.45, 7) is 8.35. The van der Waals surface area contributed by atoms with Crippen molar-refractivity contribution in [3.05, 3.63) is 29.3 Å². The van der Waals surface area contributed by atoms with Crippen molar-refractivity contribution in [1.29, 1.82) is 0 Å². The van der Waals surface area contributed by atoms with Gasteiger partial charge in [0.15, 0.2) is 0 Å². The van der Waals surface area contributed by atoms with Gasteiger partial charge in [0.25, 0.3) is 0 Å². The number of aryl methyl sites for hydroxylation is 1. The van der Waals surface area contributed by atoms with Crippen molar-refractivity contribution in [2.75, 3.05) is 26.1 Å². The molecule has 0 heterocycles. The predicted octanol–water partition coefficient (Wildman–Crippen LogP) is 3.36. The highest BCUT2D eigenvalue weighted by atomic mass is 35.5. The van der Waals surface area contributed by atoms with Crippen LogP contribution in [0.1, 0.15) is 31.9 Å². The topological polar surface area (TPSA) is 21.3 Å². The number of rotatable bonds is 7. The van der Waals surface area contributed by atoms with Crippen LogP contribution in [0.25, 0.3) is 0 Å². The second-order valence-corrected chi connectivity index (χ2v) is 5.52. The Balaban J connectivity index is 2.96. The molecule has 0 saturated heterocycles. The van der Waals surface area contributed by atoms with Gasteiger partial charge in [0.2, 0.25) is 0 Å². The van der Waals surface area contributed by atoms with Crippen LogP contribution in [0.15, 0.2) is 18.2 Å². The van der Waals surface area contributed by atoms with Crippen molar-refractivity contribution in [3.63, 3.8) is 0 Å². The number of benzene rings is 1. The standard InChI is InChI=1S/C15H24ClNO/c1-5-12-6-7-14(18-4)13(10-12)15(2,3)11-17-9-8-16/h6-7,10,17H,5,8-9,11H2,1-4H3. The molecule has 0 aliphatic carbocycles. The zero-order valence-electron chi connectivity index (χ0n) is 11.8. The maximum atomic E-state index is 5.70. The summed E-state index contributed by atoms with van der Waals surface area (Å²) in [4.78, 5) is 0. The molecule has 1 rings (SSSR count). The van der Waals surface area contributed by atoms with Gasteiger partial charge in [-0.25, -0.2) is 0 Å². The molecule has 0 amide bonds. The smallest absolute Gasteiger partial charge is 0.122 e. The maximum Gasteiger partial charge on any atom is 0.122 e. The zero-order valence-corrected chi connectivity index (χ0v) is 12.6. The number of hydrogen-bond donors (Lipinski definition) is 1. The Morgan fingerprint density at radius 1 is 1.33 bits per heavy atom. The van der Waals surface area contributed by atoms with Crippen LogP contribution in [0.3, 0.4) is 0 Å². The summed E-state index contributed by atoms with van der Waals surface area (Å²) < 4.78 is 5.48. The number of halogens is 1. The van der Waals surface area contributed by atoms with Crippen LogP contribution in [0.5, 0.6) is 5.75 Å². The Morgan fingerprint density at radius 2 is 2.06 bits per heavy atom. The molecule has 0 unspecified atom stereocenters. The minimum Gasteiger partial charge on any atom is -0.496 e. The molecule has 102 valence electrons. The summed E-state index contributed by atoms with van der Waals surface area (Å²) in [6.07, 6.45) is 1.04. The number of hydrogen-bond acceptors (Lipinski definition) is 2. The second-order valence-electron chi connectivity index (χ2n) is 5.14. The first-order valence-electron chi connectivity index (χ1n) is 6.49. The van der Waals surface area contributed by atoms with Crippen molar-refractivity contribution in [2.45, 2.75) is 32.6 Å². The van der Waals surface area contributed by atoms with Gasteiger partial charge in [-0.05, 0) is 18.1 Å². The fraction of sp³-hybridized carbons (Fsp3) is 0.600. The summed E-state index contributed by atoms with van der Waals surface area (Å²) in [5.41, 5.74) is 2.63. The molecular formula is C15H24ClNO. The monoisotopic (exact) mass is 269 g/mol. The zero-order chi connectivity index (χ0) is 13.6. The molecule has 0 fully saturated rings. The summed E-state index contributed by atoms with van der Waals surface area (Å²) in [5, 5.41) is 3.38. The minimum absolute atomic E-state index is 0.0303. The van der Waals surface area contributed by atoms with Crippen molar-refractivity contribution >= 4 is 11.6 Å². The Labute approximate surface area is 116 Å². The van der Waals surface area contributed by atoms with Gasteiger partial charge in [-0.3, -0.25) is 0 Å². The molecule has 0 saturated carbocycles. The maximum absolute atomic E-state index is 5.70. The highest BCUT2D eigenvalue weighted by Crippen LogP contribution is 2.32. The summed E-state index contributed by atoms with van der Waals surface area (Å²) in [5.74, 6) is 1.60. The van der Waals surface area contributed by atoms with E-state index in [1.807, 2.05) is 0 Å². The Morgan fingerprint density at radius 3 is 2.61 bits per heavy atom. The van der Waals surface area contributed by atoms with E-state index in [2.05, 4.69) is 44.3 Å². The largest absolute Gasteiger partial charge is 0.496 e. The Kier molecular flexibility index (Phi) is 5.97. The third-order valence-electron chi connectivity index (χ3n) is 3.24. The van der Waals surface area contributed by atoms with E-state index in [1.54, 1.807) is 7.11 Å². The van der Waals surface area contributed by atoms with Gasteiger partial charge < -0.3 is 10.1 Å². The number of alkyl halides is 1.